The van der Waals surface area contributed by atoms with Gasteiger partial charge in [-0.05, 0) is 64.2 Å². The number of hydrogen-bond acceptors (Lipinski definition) is 1. The van der Waals surface area contributed by atoms with Gasteiger partial charge in [0.05, 0.1) is 0 Å². The first-order valence-electron chi connectivity index (χ1n) is 6.65. The van der Waals surface area contributed by atoms with E-state index in [4.69, 9.17) is 0 Å². The van der Waals surface area contributed by atoms with E-state index in [0.717, 1.165) is 6.54 Å². The molecule has 1 saturated carbocycles. The van der Waals surface area contributed by atoms with Gasteiger partial charge in [0.25, 0.3) is 0 Å². The summed E-state index contributed by atoms with van der Waals surface area (Å²) in [4.78, 5) is 0. The van der Waals surface area contributed by atoms with Gasteiger partial charge in [-0.3, -0.25) is 0 Å². The van der Waals surface area contributed by atoms with Gasteiger partial charge in [-0.25, -0.2) is 0 Å². The molecule has 17 heavy (non-hydrogen) atoms. The van der Waals surface area contributed by atoms with Crippen LogP contribution in [0.4, 0.5) is 0 Å². The van der Waals surface area contributed by atoms with Crippen molar-refractivity contribution in [2.75, 3.05) is 6.54 Å². The first kappa shape index (κ1) is 12.6. The zero-order valence-electron chi connectivity index (χ0n) is 11.9. The largest absolute Gasteiger partial charge is 0.311 e. The molecule has 1 aliphatic rings. The molecular formula is C16H25N. The van der Waals surface area contributed by atoms with E-state index in [1.807, 2.05) is 0 Å². The molecule has 2 rings (SSSR count). The van der Waals surface area contributed by atoms with Crippen LogP contribution in [0.5, 0.6) is 0 Å². The summed E-state index contributed by atoms with van der Waals surface area (Å²) in [7, 11) is 0. The number of nitrogens with one attached hydrogen (secondary N) is 1. The minimum absolute atomic E-state index is 0.218. The summed E-state index contributed by atoms with van der Waals surface area (Å²) < 4.78 is 0. The van der Waals surface area contributed by atoms with E-state index in [1.165, 1.54) is 29.5 Å². The second-order valence-corrected chi connectivity index (χ2v) is 6.68. The molecule has 1 heteroatoms. The lowest BCUT2D eigenvalue weighted by atomic mass is 9.92. The van der Waals surface area contributed by atoms with E-state index in [-0.39, 0.29) is 5.54 Å². The van der Waals surface area contributed by atoms with E-state index in [0.29, 0.717) is 5.41 Å². The fraction of sp³-hybridized carbons (Fsp3) is 0.625. The summed E-state index contributed by atoms with van der Waals surface area (Å²) in [5, 5.41) is 3.66. The third-order valence-corrected chi connectivity index (χ3v) is 3.93. The molecule has 0 unspecified atom stereocenters. The summed E-state index contributed by atoms with van der Waals surface area (Å²) in [6.45, 7) is 12.2. The molecule has 1 aromatic rings. The maximum absolute atomic E-state index is 3.66. The standard InChI is InChI=1S/C16H25N/c1-12-6-7-14(10-13(12)2)16(8-9-16)11-17-15(3,4)5/h6-7,10,17H,8-9,11H2,1-5H3. The SMILES string of the molecule is Cc1ccc(C2(CNC(C)(C)C)CC2)cc1C. The third kappa shape index (κ3) is 2.90. The van der Waals surface area contributed by atoms with Gasteiger partial charge >= 0.3 is 0 Å². The van der Waals surface area contributed by atoms with Crippen LogP contribution in [-0.2, 0) is 5.41 Å². The Labute approximate surface area is 106 Å². The molecule has 94 valence electrons. The van der Waals surface area contributed by atoms with Crippen molar-refractivity contribution in [3.63, 3.8) is 0 Å². The minimum Gasteiger partial charge on any atom is -0.311 e. The molecule has 0 spiro atoms. The van der Waals surface area contributed by atoms with Crippen molar-refractivity contribution in [2.24, 2.45) is 0 Å². The Kier molecular flexibility index (Phi) is 3.07. The topological polar surface area (TPSA) is 12.0 Å². The molecular weight excluding hydrogens is 206 g/mol. The van der Waals surface area contributed by atoms with Crippen molar-refractivity contribution in [1.29, 1.82) is 0 Å². The average molecular weight is 231 g/mol. The summed E-state index contributed by atoms with van der Waals surface area (Å²) in [6, 6.07) is 6.97. The Hall–Kier alpha value is -0.820. The third-order valence-electron chi connectivity index (χ3n) is 3.93. The van der Waals surface area contributed by atoms with Crippen LogP contribution in [0.2, 0.25) is 0 Å². The molecule has 0 aliphatic heterocycles. The van der Waals surface area contributed by atoms with Crippen LogP contribution in [0.3, 0.4) is 0 Å². The molecule has 1 aromatic carbocycles. The van der Waals surface area contributed by atoms with Crippen LogP contribution in [0, 0.1) is 13.8 Å². The first-order valence-corrected chi connectivity index (χ1v) is 6.65. The lowest BCUT2D eigenvalue weighted by Gasteiger charge is -2.25. The lowest BCUT2D eigenvalue weighted by molar-refractivity contribution is 0.399. The normalized spacial score (nSPS) is 18.2. The molecule has 0 bridgehead atoms. The molecule has 1 aliphatic carbocycles. The summed E-state index contributed by atoms with van der Waals surface area (Å²) >= 11 is 0. The second kappa shape index (κ2) is 4.13. The van der Waals surface area contributed by atoms with Crippen LogP contribution >= 0.6 is 0 Å². The van der Waals surface area contributed by atoms with Crippen molar-refractivity contribution in [3.8, 4) is 0 Å². The van der Waals surface area contributed by atoms with Gasteiger partial charge in [0, 0.05) is 17.5 Å². The molecule has 0 amide bonds. The fourth-order valence-corrected chi connectivity index (χ4v) is 2.22. The second-order valence-electron chi connectivity index (χ2n) is 6.68. The van der Waals surface area contributed by atoms with Crippen molar-refractivity contribution in [1.82, 2.24) is 5.32 Å². The maximum Gasteiger partial charge on any atom is 0.00968 e. The highest BCUT2D eigenvalue weighted by Crippen LogP contribution is 2.48. The van der Waals surface area contributed by atoms with Crippen LogP contribution in [0.15, 0.2) is 18.2 Å². The number of benzene rings is 1. The van der Waals surface area contributed by atoms with Crippen LogP contribution in [-0.4, -0.2) is 12.1 Å². The van der Waals surface area contributed by atoms with Crippen LogP contribution in [0.25, 0.3) is 0 Å². The number of aryl methyl sites for hydroxylation is 2. The van der Waals surface area contributed by atoms with E-state index in [2.05, 4.69) is 58.1 Å². The Morgan fingerprint density at radius 3 is 2.24 bits per heavy atom. The van der Waals surface area contributed by atoms with E-state index in [1.54, 1.807) is 0 Å². The zero-order chi connectivity index (χ0) is 12.7. The molecule has 0 heterocycles. The molecule has 0 saturated heterocycles. The number of rotatable bonds is 3. The van der Waals surface area contributed by atoms with E-state index < -0.39 is 0 Å². The van der Waals surface area contributed by atoms with E-state index >= 15 is 0 Å². The smallest absolute Gasteiger partial charge is 0.00968 e. The van der Waals surface area contributed by atoms with Crippen molar-refractivity contribution < 1.29 is 0 Å². The number of hydrogen-bond donors (Lipinski definition) is 1. The quantitative estimate of drug-likeness (QED) is 0.836. The highest BCUT2D eigenvalue weighted by Gasteiger charge is 2.44. The fourth-order valence-electron chi connectivity index (χ4n) is 2.22. The van der Waals surface area contributed by atoms with Gasteiger partial charge in [-0.15, -0.1) is 0 Å². The summed E-state index contributed by atoms with van der Waals surface area (Å²) in [5.74, 6) is 0. The minimum atomic E-state index is 0.218. The lowest BCUT2D eigenvalue weighted by Crippen LogP contribution is -2.40. The van der Waals surface area contributed by atoms with Gasteiger partial charge in [-0.1, -0.05) is 18.2 Å². The van der Waals surface area contributed by atoms with Gasteiger partial charge in [0.15, 0.2) is 0 Å². The van der Waals surface area contributed by atoms with E-state index in [9.17, 15) is 0 Å². The zero-order valence-corrected chi connectivity index (χ0v) is 11.9. The van der Waals surface area contributed by atoms with Crippen LogP contribution < -0.4 is 5.32 Å². The highest BCUT2D eigenvalue weighted by molar-refractivity contribution is 5.38. The van der Waals surface area contributed by atoms with Crippen LogP contribution in [0.1, 0.15) is 50.3 Å². The van der Waals surface area contributed by atoms with Gasteiger partial charge in [0.2, 0.25) is 0 Å². The molecule has 1 fully saturated rings. The first-order chi connectivity index (χ1) is 7.82. The maximum atomic E-state index is 3.66. The van der Waals surface area contributed by atoms with Crippen molar-refractivity contribution in [3.05, 3.63) is 34.9 Å². The highest BCUT2D eigenvalue weighted by atomic mass is 15.0. The van der Waals surface area contributed by atoms with Gasteiger partial charge in [-0.2, -0.15) is 0 Å². The average Bonchev–Trinajstić information content (AvgIpc) is 2.99. The summed E-state index contributed by atoms with van der Waals surface area (Å²) in [5.41, 5.74) is 4.98. The van der Waals surface area contributed by atoms with Gasteiger partial charge in [0.1, 0.15) is 0 Å². The summed E-state index contributed by atoms with van der Waals surface area (Å²) in [6.07, 6.45) is 2.66. The predicted octanol–water partition coefficient (Wildman–Crippen LogP) is 3.72. The molecule has 1 N–H and O–H groups in total. The Morgan fingerprint density at radius 1 is 1.12 bits per heavy atom. The van der Waals surface area contributed by atoms with Gasteiger partial charge < -0.3 is 5.32 Å². The molecule has 0 aromatic heterocycles. The molecule has 1 nitrogen and oxygen atoms in total. The predicted molar refractivity (Wildman–Crippen MR) is 74.6 cm³/mol. The monoisotopic (exact) mass is 231 g/mol. The molecule has 0 radical (unpaired) electrons. The van der Waals surface area contributed by atoms with Crippen molar-refractivity contribution in [2.45, 2.75) is 58.4 Å². The Bertz CT molecular complexity index is 408. The Morgan fingerprint density at radius 2 is 1.76 bits per heavy atom. The Balaban J connectivity index is 2.13. The molecule has 0 atom stereocenters. The van der Waals surface area contributed by atoms with Crippen molar-refractivity contribution >= 4 is 0 Å².